The van der Waals surface area contributed by atoms with Gasteiger partial charge in [-0.15, -0.1) is 0 Å². The summed E-state index contributed by atoms with van der Waals surface area (Å²) < 4.78 is 5.67. The summed E-state index contributed by atoms with van der Waals surface area (Å²) in [6.07, 6.45) is 10.3. The van der Waals surface area contributed by atoms with Gasteiger partial charge in [0.2, 0.25) is 0 Å². The van der Waals surface area contributed by atoms with Crippen LogP contribution in [0, 0.1) is 11.8 Å². The highest BCUT2D eigenvalue weighted by Crippen LogP contribution is 2.50. The van der Waals surface area contributed by atoms with Crippen LogP contribution in [0.3, 0.4) is 0 Å². The molecule has 3 unspecified atom stereocenters. The quantitative estimate of drug-likeness (QED) is 0.750. The average molecular weight is 237 g/mol. The number of hydrogen-bond donors (Lipinski definition) is 1. The molecule has 3 aliphatic rings. The molecule has 96 valence electrons. The Labute approximate surface area is 103 Å². The van der Waals surface area contributed by atoms with E-state index in [1.807, 2.05) is 0 Å². The third-order valence-corrected chi connectivity index (χ3v) is 5.10. The molecule has 2 bridgehead atoms. The Morgan fingerprint density at radius 3 is 2.47 bits per heavy atom. The summed E-state index contributed by atoms with van der Waals surface area (Å²) in [5.41, 5.74) is 5.69. The maximum Gasteiger partial charge on any atom is 0.326 e. The highest BCUT2D eigenvalue weighted by atomic mass is 16.5. The lowest BCUT2D eigenvalue weighted by Crippen LogP contribution is -2.54. The van der Waals surface area contributed by atoms with Crippen LogP contribution in [-0.4, -0.2) is 17.6 Å². The zero-order valence-electron chi connectivity index (χ0n) is 10.5. The van der Waals surface area contributed by atoms with Crippen LogP contribution in [0.15, 0.2) is 0 Å². The molecule has 0 aromatic carbocycles. The molecule has 0 aliphatic heterocycles. The molecule has 0 spiro atoms. The van der Waals surface area contributed by atoms with Crippen LogP contribution in [0.25, 0.3) is 0 Å². The van der Waals surface area contributed by atoms with Gasteiger partial charge < -0.3 is 10.5 Å². The van der Waals surface area contributed by atoms with E-state index in [0.717, 1.165) is 32.1 Å². The first kappa shape index (κ1) is 11.5. The first-order chi connectivity index (χ1) is 8.18. The first-order valence-electron chi connectivity index (χ1n) is 7.18. The van der Waals surface area contributed by atoms with Crippen molar-refractivity contribution in [3.8, 4) is 0 Å². The van der Waals surface area contributed by atoms with E-state index < -0.39 is 5.54 Å². The van der Waals surface area contributed by atoms with Crippen molar-refractivity contribution in [2.45, 2.75) is 69.4 Å². The molecule has 3 nitrogen and oxygen atoms in total. The number of rotatable bonds is 2. The van der Waals surface area contributed by atoms with Gasteiger partial charge in [0.15, 0.2) is 0 Å². The zero-order chi connectivity index (χ0) is 11.9. The predicted molar refractivity (Wildman–Crippen MR) is 65.3 cm³/mol. The monoisotopic (exact) mass is 237 g/mol. The SMILES string of the molecule is NC1(C(=O)OC2CCCCC2)CC2CCC1C2. The van der Waals surface area contributed by atoms with Crippen LogP contribution in [0.5, 0.6) is 0 Å². The van der Waals surface area contributed by atoms with Gasteiger partial charge in [0.25, 0.3) is 0 Å². The largest absolute Gasteiger partial charge is 0.461 e. The van der Waals surface area contributed by atoms with Crippen LogP contribution in [0.1, 0.15) is 57.8 Å². The number of hydrogen-bond acceptors (Lipinski definition) is 3. The van der Waals surface area contributed by atoms with E-state index in [1.165, 1.54) is 25.7 Å². The minimum absolute atomic E-state index is 0.100. The zero-order valence-corrected chi connectivity index (χ0v) is 10.5. The van der Waals surface area contributed by atoms with E-state index in [1.54, 1.807) is 0 Å². The number of nitrogens with two attached hydrogens (primary N) is 1. The Morgan fingerprint density at radius 1 is 1.12 bits per heavy atom. The van der Waals surface area contributed by atoms with Gasteiger partial charge in [0, 0.05) is 0 Å². The van der Waals surface area contributed by atoms with Gasteiger partial charge in [0.05, 0.1) is 0 Å². The smallest absolute Gasteiger partial charge is 0.326 e. The third-order valence-electron chi connectivity index (χ3n) is 5.10. The molecule has 3 heteroatoms. The van der Waals surface area contributed by atoms with Crippen molar-refractivity contribution in [1.29, 1.82) is 0 Å². The molecular formula is C14H23NO2. The molecule has 0 aromatic heterocycles. The minimum atomic E-state index is -0.639. The molecule has 0 saturated heterocycles. The molecule has 3 atom stereocenters. The molecule has 0 amide bonds. The molecule has 0 aromatic rings. The number of carbonyl (C=O) groups is 1. The second kappa shape index (κ2) is 4.27. The molecule has 3 rings (SSSR count). The fourth-order valence-corrected chi connectivity index (χ4v) is 4.07. The molecular weight excluding hydrogens is 214 g/mol. The Kier molecular flexibility index (Phi) is 2.89. The van der Waals surface area contributed by atoms with Crippen molar-refractivity contribution in [3.05, 3.63) is 0 Å². The van der Waals surface area contributed by atoms with Crippen LogP contribution >= 0.6 is 0 Å². The normalized spacial score (nSPS) is 41.7. The molecule has 0 heterocycles. The fourth-order valence-electron chi connectivity index (χ4n) is 4.07. The molecule has 0 radical (unpaired) electrons. The van der Waals surface area contributed by atoms with Crippen molar-refractivity contribution >= 4 is 5.97 Å². The van der Waals surface area contributed by atoms with E-state index >= 15 is 0 Å². The summed E-state index contributed by atoms with van der Waals surface area (Å²) in [6.45, 7) is 0. The van der Waals surface area contributed by atoms with E-state index in [4.69, 9.17) is 10.5 Å². The number of ether oxygens (including phenoxy) is 1. The lowest BCUT2D eigenvalue weighted by Gasteiger charge is -2.33. The summed E-state index contributed by atoms with van der Waals surface area (Å²) in [5, 5.41) is 0. The number of carbonyl (C=O) groups excluding carboxylic acids is 1. The van der Waals surface area contributed by atoms with Gasteiger partial charge in [0.1, 0.15) is 11.6 Å². The summed E-state index contributed by atoms with van der Waals surface area (Å²) in [5.74, 6) is 0.976. The van der Waals surface area contributed by atoms with E-state index in [2.05, 4.69) is 0 Å². The van der Waals surface area contributed by atoms with Gasteiger partial charge in [-0.25, -0.2) is 0 Å². The highest BCUT2D eigenvalue weighted by molar-refractivity contribution is 5.82. The van der Waals surface area contributed by atoms with Crippen molar-refractivity contribution < 1.29 is 9.53 Å². The maximum absolute atomic E-state index is 12.3. The maximum atomic E-state index is 12.3. The molecule has 3 aliphatic carbocycles. The lowest BCUT2D eigenvalue weighted by molar-refractivity contribution is -0.159. The molecule has 3 fully saturated rings. The van der Waals surface area contributed by atoms with Crippen LogP contribution in [0.4, 0.5) is 0 Å². The summed E-state index contributed by atoms with van der Waals surface area (Å²) >= 11 is 0. The topological polar surface area (TPSA) is 52.3 Å². The third kappa shape index (κ3) is 1.99. The number of esters is 1. The van der Waals surface area contributed by atoms with Gasteiger partial charge in [-0.1, -0.05) is 12.8 Å². The second-order valence-electron chi connectivity index (χ2n) is 6.29. The molecule has 3 saturated carbocycles. The first-order valence-corrected chi connectivity index (χ1v) is 7.18. The van der Waals surface area contributed by atoms with Crippen LogP contribution in [-0.2, 0) is 9.53 Å². The summed E-state index contributed by atoms with van der Waals surface area (Å²) in [6, 6.07) is 0. The van der Waals surface area contributed by atoms with E-state index in [0.29, 0.717) is 11.8 Å². The Hall–Kier alpha value is -0.570. The van der Waals surface area contributed by atoms with Gasteiger partial charge in [-0.3, -0.25) is 4.79 Å². The Bertz CT molecular complexity index is 311. The summed E-state index contributed by atoms with van der Waals surface area (Å²) in [7, 11) is 0. The average Bonchev–Trinajstić information content (AvgIpc) is 2.90. The lowest BCUT2D eigenvalue weighted by atomic mass is 9.82. The second-order valence-corrected chi connectivity index (χ2v) is 6.29. The van der Waals surface area contributed by atoms with Crippen molar-refractivity contribution in [2.75, 3.05) is 0 Å². The fraction of sp³-hybridized carbons (Fsp3) is 0.929. The molecule has 17 heavy (non-hydrogen) atoms. The molecule has 2 N–H and O–H groups in total. The van der Waals surface area contributed by atoms with Crippen molar-refractivity contribution in [3.63, 3.8) is 0 Å². The van der Waals surface area contributed by atoms with E-state index in [-0.39, 0.29) is 12.1 Å². The highest BCUT2D eigenvalue weighted by Gasteiger charge is 2.54. The van der Waals surface area contributed by atoms with Gasteiger partial charge >= 0.3 is 5.97 Å². The Balaban J connectivity index is 1.61. The van der Waals surface area contributed by atoms with Crippen LogP contribution in [0.2, 0.25) is 0 Å². The van der Waals surface area contributed by atoms with Crippen LogP contribution < -0.4 is 5.73 Å². The van der Waals surface area contributed by atoms with Gasteiger partial charge in [-0.2, -0.15) is 0 Å². The van der Waals surface area contributed by atoms with Gasteiger partial charge in [-0.05, 0) is 56.8 Å². The van der Waals surface area contributed by atoms with Crippen molar-refractivity contribution in [2.24, 2.45) is 17.6 Å². The number of fused-ring (bicyclic) bond motifs is 2. The predicted octanol–water partition coefficient (Wildman–Crippen LogP) is 2.38. The van der Waals surface area contributed by atoms with Crippen molar-refractivity contribution in [1.82, 2.24) is 0 Å². The standard InChI is InChI=1S/C14H23NO2/c15-14(9-10-6-7-11(14)8-10)13(16)17-12-4-2-1-3-5-12/h10-12H,1-9,15H2. The Morgan fingerprint density at radius 2 is 1.88 bits per heavy atom. The minimum Gasteiger partial charge on any atom is -0.461 e. The van der Waals surface area contributed by atoms with E-state index in [9.17, 15) is 4.79 Å². The summed E-state index contributed by atoms with van der Waals surface area (Å²) in [4.78, 5) is 12.3.